The van der Waals surface area contributed by atoms with Crippen molar-refractivity contribution in [1.29, 1.82) is 0 Å². The molecule has 4 amide bonds. The van der Waals surface area contributed by atoms with Crippen molar-refractivity contribution in [1.82, 2.24) is 21.2 Å². The average molecular weight is 657 g/mol. The lowest BCUT2D eigenvalue weighted by Gasteiger charge is -2.24. The molecule has 12 heteroatoms. The molecule has 2 atom stereocenters. The molecule has 0 aromatic heterocycles. The van der Waals surface area contributed by atoms with E-state index >= 15 is 0 Å². The SMILES string of the molecule is CCCCCCC(CCCCC)CCCN(NC(N)=O)OC(=O)C(=O)ON(CCCC(CCCCC)CCCCCC)NC(N)=O. The highest BCUT2D eigenvalue weighted by molar-refractivity contribution is 6.29. The molecule has 0 aliphatic heterocycles. The van der Waals surface area contributed by atoms with Gasteiger partial charge in [-0.3, -0.25) is 0 Å². The lowest BCUT2D eigenvalue weighted by atomic mass is 9.91. The van der Waals surface area contributed by atoms with Gasteiger partial charge in [-0.1, -0.05) is 143 Å². The van der Waals surface area contributed by atoms with Crippen LogP contribution in [0.4, 0.5) is 9.59 Å². The Morgan fingerprint density at radius 2 is 0.761 bits per heavy atom. The fraction of sp³-hybridized carbons (Fsp3) is 0.882. The molecule has 0 radical (unpaired) electrons. The maximum atomic E-state index is 12.6. The highest BCUT2D eigenvalue weighted by atomic mass is 16.8. The Bertz CT molecular complexity index is 738. The fourth-order valence-electron chi connectivity index (χ4n) is 5.77. The van der Waals surface area contributed by atoms with E-state index in [0.717, 1.165) is 61.7 Å². The number of hydrogen-bond donors (Lipinski definition) is 4. The summed E-state index contributed by atoms with van der Waals surface area (Å²) < 4.78 is 0. The molecule has 0 heterocycles. The van der Waals surface area contributed by atoms with Crippen molar-refractivity contribution in [3.05, 3.63) is 0 Å². The second-order valence-electron chi connectivity index (χ2n) is 12.6. The second-order valence-corrected chi connectivity index (χ2v) is 12.6. The minimum atomic E-state index is -1.36. The van der Waals surface area contributed by atoms with Crippen LogP contribution in [0.3, 0.4) is 0 Å². The summed E-state index contributed by atoms with van der Waals surface area (Å²) in [6.45, 7) is 9.08. The molecule has 270 valence electrons. The molecule has 0 aromatic rings. The van der Waals surface area contributed by atoms with Gasteiger partial charge in [0, 0.05) is 0 Å². The number of carbonyl (C=O) groups excluding carboxylic acids is 4. The maximum Gasteiger partial charge on any atom is 0.439 e. The van der Waals surface area contributed by atoms with Crippen molar-refractivity contribution in [3.63, 3.8) is 0 Å². The number of nitrogens with two attached hydrogens (primary N) is 2. The van der Waals surface area contributed by atoms with E-state index in [-0.39, 0.29) is 13.1 Å². The molecule has 0 aliphatic carbocycles. The predicted octanol–water partition coefficient (Wildman–Crippen LogP) is 7.57. The van der Waals surface area contributed by atoms with Gasteiger partial charge in [0.25, 0.3) is 0 Å². The molecule has 0 saturated heterocycles. The molecule has 0 fully saturated rings. The zero-order valence-corrected chi connectivity index (χ0v) is 29.6. The molecule has 0 spiro atoms. The Morgan fingerprint density at radius 3 is 1.07 bits per heavy atom. The third-order valence-electron chi connectivity index (χ3n) is 8.33. The Labute approximate surface area is 279 Å². The van der Waals surface area contributed by atoms with Gasteiger partial charge in [0.2, 0.25) is 0 Å². The minimum absolute atomic E-state index is 0.155. The number of nitrogens with zero attached hydrogens (tertiary/aromatic N) is 2. The quantitative estimate of drug-likeness (QED) is 0.0348. The summed E-state index contributed by atoms with van der Waals surface area (Å²) in [5.41, 5.74) is 15.1. The second kappa shape index (κ2) is 29.8. The summed E-state index contributed by atoms with van der Waals surface area (Å²) in [6, 6.07) is -1.86. The highest BCUT2D eigenvalue weighted by Gasteiger charge is 2.26. The topological polar surface area (TPSA) is 169 Å². The van der Waals surface area contributed by atoms with Crippen LogP contribution in [0.15, 0.2) is 0 Å². The molecular formula is C34H68N6O6. The van der Waals surface area contributed by atoms with E-state index in [1.54, 1.807) is 0 Å². The first kappa shape index (κ1) is 43.4. The van der Waals surface area contributed by atoms with Crippen LogP contribution in [0, 0.1) is 11.8 Å². The van der Waals surface area contributed by atoms with Crippen LogP contribution in [0.1, 0.15) is 169 Å². The molecule has 12 nitrogen and oxygen atoms in total. The average Bonchev–Trinajstić information content (AvgIpc) is 3.00. The van der Waals surface area contributed by atoms with Gasteiger partial charge in [0.05, 0.1) is 13.1 Å². The van der Waals surface area contributed by atoms with Crippen molar-refractivity contribution in [2.45, 2.75) is 169 Å². The first-order valence-electron chi connectivity index (χ1n) is 18.3. The van der Waals surface area contributed by atoms with Gasteiger partial charge >= 0.3 is 24.0 Å². The third kappa shape index (κ3) is 25.6. The Balaban J connectivity index is 5.06. The molecule has 6 N–H and O–H groups in total. The Hall–Kier alpha value is -2.60. The van der Waals surface area contributed by atoms with E-state index in [9.17, 15) is 19.2 Å². The summed E-state index contributed by atoms with van der Waals surface area (Å²) in [5, 5.41) is 1.74. The summed E-state index contributed by atoms with van der Waals surface area (Å²) in [4.78, 5) is 58.7. The number of primary amides is 2. The zero-order chi connectivity index (χ0) is 34.4. The number of carbonyl (C=O) groups is 4. The van der Waals surface area contributed by atoms with Gasteiger partial charge in [-0.25, -0.2) is 30.0 Å². The lowest BCUT2D eigenvalue weighted by Crippen LogP contribution is -2.50. The van der Waals surface area contributed by atoms with Crippen molar-refractivity contribution >= 4 is 24.0 Å². The normalized spacial score (nSPS) is 12.6. The number of nitrogens with one attached hydrogen (secondary N) is 2. The number of unbranched alkanes of at least 4 members (excludes halogenated alkanes) is 10. The fourth-order valence-corrected chi connectivity index (χ4v) is 5.77. The lowest BCUT2D eigenvalue weighted by molar-refractivity contribution is -0.229. The first-order valence-corrected chi connectivity index (χ1v) is 18.3. The number of urea groups is 2. The maximum absolute atomic E-state index is 12.6. The molecule has 0 bridgehead atoms. The van der Waals surface area contributed by atoms with Crippen LogP contribution in [0.5, 0.6) is 0 Å². The smallest absolute Gasteiger partial charge is 0.350 e. The van der Waals surface area contributed by atoms with Crippen LogP contribution in [0.2, 0.25) is 0 Å². The van der Waals surface area contributed by atoms with E-state index in [2.05, 4.69) is 38.5 Å². The van der Waals surface area contributed by atoms with Crippen LogP contribution in [-0.4, -0.2) is 47.4 Å². The molecular weight excluding hydrogens is 588 g/mol. The Kier molecular flexibility index (Phi) is 28.1. The van der Waals surface area contributed by atoms with Crippen LogP contribution >= 0.6 is 0 Å². The number of rotatable bonds is 30. The Morgan fingerprint density at radius 1 is 0.478 bits per heavy atom. The van der Waals surface area contributed by atoms with E-state index in [0.29, 0.717) is 24.7 Å². The van der Waals surface area contributed by atoms with Gasteiger partial charge in [-0.05, 0) is 47.9 Å². The van der Waals surface area contributed by atoms with Gasteiger partial charge in [-0.15, -0.1) is 0 Å². The number of hydrogen-bond acceptors (Lipinski definition) is 8. The van der Waals surface area contributed by atoms with Crippen LogP contribution < -0.4 is 22.3 Å². The van der Waals surface area contributed by atoms with Crippen molar-refractivity contribution in [2.24, 2.45) is 23.3 Å². The van der Waals surface area contributed by atoms with Crippen molar-refractivity contribution < 1.29 is 28.9 Å². The van der Waals surface area contributed by atoms with Gasteiger partial charge in [0.1, 0.15) is 0 Å². The number of hydrazine groups is 2. The van der Waals surface area contributed by atoms with Crippen LogP contribution in [0.25, 0.3) is 0 Å². The van der Waals surface area contributed by atoms with E-state index in [4.69, 9.17) is 21.1 Å². The predicted molar refractivity (Wildman–Crippen MR) is 182 cm³/mol. The summed E-state index contributed by atoms with van der Waals surface area (Å²) >= 11 is 0. The van der Waals surface area contributed by atoms with E-state index < -0.39 is 24.0 Å². The standard InChI is InChI=1S/C34H68N6O6/c1-5-9-13-17-23-29(21-15-11-7-3)25-19-27-39(37-33(35)43)45-31(41)32(42)46-40(38-34(36)44)28-20-26-30(22-16-12-8-4)24-18-14-10-6-2/h29-30H,5-28H2,1-4H3,(H3,35,37,43)(H3,36,38,44). The highest BCUT2D eigenvalue weighted by Crippen LogP contribution is 2.24. The molecule has 2 unspecified atom stereocenters. The van der Waals surface area contributed by atoms with Crippen LogP contribution in [-0.2, 0) is 19.3 Å². The summed E-state index contributed by atoms with van der Waals surface area (Å²) in [7, 11) is 0. The number of hydroxylamine groups is 2. The summed E-state index contributed by atoms with van der Waals surface area (Å²) in [5.74, 6) is -1.65. The monoisotopic (exact) mass is 657 g/mol. The number of amides is 4. The third-order valence-corrected chi connectivity index (χ3v) is 8.33. The van der Waals surface area contributed by atoms with Gasteiger partial charge in [-0.2, -0.15) is 0 Å². The van der Waals surface area contributed by atoms with E-state index in [1.807, 2.05) is 0 Å². The molecule has 0 saturated carbocycles. The minimum Gasteiger partial charge on any atom is -0.350 e. The van der Waals surface area contributed by atoms with Gasteiger partial charge < -0.3 is 21.1 Å². The summed E-state index contributed by atoms with van der Waals surface area (Å²) in [6.07, 6.45) is 24.3. The molecule has 0 aliphatic rings. The molecule has 0 rings (SSSR count). The van der Waals surface area contributed by atoms with Crippen molar-refractivity contribution in [2.75, 3.05) is 13.1 Å². The molecule has 46 heavy (non-hydrogen) atoms. The first-order chi connectivity index (χ1) is 22.2. The van der Waals surface area contributed by atoms with E-state index in [1.165, 1.54) is 77.0 Å². The zero-order valence-electron chi connectivity index (χ0n) is 29.6. The largest absolute Gasteiger partial charge is 0.439 e. The van der Waals surface area contributed by atoms with Crippen molar-refractivity contribution in [3.8, 4) is 0 Å². The van der Waals surface area contributed by atoms with Gasteiger partial charge in [0.15, 0.2) is 0 Å². The molecule has 0 aromatic carbocycles.